The molecule has 1 fully saturated rings. The lowest BCUT2D eigenvalue weighted by Crippen LogP contribution is -2.61. The Morgan fingerprint density at radius 3 is 2.51 bits per heavy atom. The van der Waals surface area contributed by atoms with Crippen molar-refractivity contribution in [3.05, 3.63) is 106 Å². The molecule has 2 atom stereocenters. The van der Waals surface area contributed by atoms with Gasteiger partial charge in [0.1, 0.15) is 25.2 Å². The zero-order valence-corrected chi connectivity index (χ0v) is 25.0. The summed E-state index contributed by atoms with van der Waals surface area (Å²) in [5.74, 6) is -1.56. The van der Waals surface area contributed by atoms with Crippen LogP contribution in [0.5, 0.6) is 0 Å². The van der Waals surface area contributed by atoms with Crippen LogP contribution in [0, 0.1) is 0 Å². The van der Waals surface area contributed by atoms with Crippen molar-refractivity contribution >= 4 is 57.7 Å². The van der Waals surface area contributed by atoms with Crippen LogP contribution in [-0.2, 0) is 38.6 Å². The Morgan fingerprint density at radius 2 is 1.74 bits per heavy atom. The van der Waals surface area contributed by atoms with E-state index in [1.807, 2.05) is 60.8 Å². The third-order valence-corrected chi connectivity index (χ3v) is 8.15. The zero-order chi connectivity index (χ0) is 30.5. The van der Waals surface area contributed by atoms with Gasteiger partial charge in [0.2, 0.25) is 23.6 Å². The summed E-state index contributed by atoms with van der Waals surface area (Å²) < 4.78 is 0. The molecule has 0 spiro atoms. The van der Waals surface area contributed by atoms with Crippen molar-refractivity contribution in [2.75, 3.05) is 20.1 Å². The molecule has 3 N–H and O–H groups in total. The standard InChI is InChI=1S/C32H31Cl2N5O4/c1-38(17-21-11-12-24(33)25(34)13-21)31(42)28(15-22-16-35-26-10-6-5-9-23(22)26)37-30(41)19-39-18-29(40)36-27(32(39)43)14-20-7-3-2-4-8-20/h2-13,16,27-28,35H,14-15,17-19H2,1H3,(H,36,40)(H,37,41). The number of nitrogens with one attached hydrogen (secondary N) is 3. The summed E-state index contributed by atoms with van der Waals surface area (Å²) in [7, 11) is 1.64. The van der Waals surface area contributed by atoms with E-state index in [0.29, 0.717) is 16.5 Å². The van der Waals surface area contributed by atoms with Gasteiger partial charge in [0.25, 0.3) is 0 Å². The Morgan fingerprint density at radius 1 is 1.00 bits per heavy atom. The van der Waals surface area contributed by atoms with Gasteiger partial charge in [0, 0.05) is 43.5 Å². The number of H-pyrrole nitrogens is 1. The maximum absolute atomic E-state index is 13.8. The fraction of sp³-hybridized carbons (Fsp3) is 0.250. The molecule has 2 unspecified atom stereocenters. The van der Waals surface area contributed by atoms with Crippen LogP contribution in [0.25, 0.3) is 10.9 Å². The molecule has 1 aromatic heterocycles. The Balaban J connectivity index is 1.32. The smallest absolute Gasteiger partial charge is 0.246 e. The summed E-state index contributed by atoms with van der Waals surface area (Å²) in [6.45, 7) is -0.358. The van der Waals surface area contributed by atoms with Crippen LogP contribution in [0.2, 0.25) is 10.0 Å². The van der Waals surface area contributed by atoms with Crippen LogP contribution in [0.3, 0.4) is 0 Å². The van der Waals surface area contributed by atoms with E-state index in [0.717, 1.165) is 27.6 Å². The summed E-state index contributed by atoms with van der Waals surface area (Å²) in [6, 6.07) is 20.5. The van der Waals surface area contributed by atoms with Gasteiger partial charge in [-0.25, -0.2) is 0 Å². The molecule has 3 aromatic carbocycles. The summed E-state index contributed by atoms with van der Waals surface area (Å²) in [5, 5.41) is 7.29. The normalized spacial score (nSPS) is 15.7. The topological polar surface area (TPSA) is 115 Å². The van der Waals surface area contributed by atoms with E-state index in [2.05, 4.69) is 15.6 Å². The molecule has 43 heavy (non-hydrogen) atoms. The summed E-state index contributed by atoms with van der Waals surface area (Å²) in [5.41, 5.74) is 3.43. The number of para-hydroxylation sites is 1. The van der Waals surface area contributed by atoms with E-state index in [9.17, 15) is 19.2 Å². The Bertz CT molecular complexity index is 1660. The molecule has 0 aliphatic carbocycles. The number of likely N-dealkylation sites (N-methyl/N-ethyl adjacent to an activating group) is 1. The number of carbonyl (C=O) groups excluding carboxylic acids is 4. The van der Waals surface area contributed by atoms with Gasteiger partial charge in [-0.15, -0.1) is 0 Å². The average molecular weight is 621 g/mol. The quantitative estimate of drug-likeness (QED) is 0.251. The Labute approximate surface area is 259 Å². The Kier molecular flexibility index (Phi) is 9.33. The molecule has 0 saturated carbocycles. The molecule has 0 radical (unpaired) electrons. The molecule has 222 valence electrons. The van der Waals surface area contributed by atoms with Crippen molar-refractivity contribution in [1.82, 2.24) is 25.4 Å². The van der Waals surface area contributed by atoms with Crippen LogP contribution in [0.15, 0.2) is 79.0 Å². The molecule has 2 heterocycles. The lowest BCUT2D eigenvalue weighted by atomic mass is 10.0. The second-order valence-corrected chi connectivity index (χ2v) is 11.4. The highest BCUT2D eigenvalue weighted by Gasteiger charge is 2.34. The van der Waals surface area contributed by atoms with Crippen molar-refractivity contribution in [2.45, 2.75) is 31.5 Å². The van der Waals surface area contributed by atoms with Gasteiger partial charge in [0.05, 0.1) is 10.0 Å². The van der Waals surface area contributed by atoms with E-state index in [4.69, 9.17) is 23.2 Å². The van der Waals surface area contributed by atoms with Crippen molar-refractivity contribution in [3.63, 3.8) is 0 Å². The number of carbonyl (C=O) groups is 4. The van der Waals surface area contributed by atoms with Gasteiger partial charge in [-0.3, -0.25) is 19.2 Å². The molecule has 0 bridgehead atoms. The van der Waals surface area contributed by atoms with Crippen molar-refractivity contribution in [2.24, 2.45) is 0 Å². The number of aromatic nitrogens is 1. The van der Waals surface area contributed by atoms with E-state index >= 15 is 0 Å². The van der Waals surface area contributed by atoms with Gasteiger partial charge in [0.15, 0.2) is 0 Å². The number of piperazine rings is 1. The minimum atomic E-state index is -0.937. The highest BCUT2D eigenvalue weighted by atomic mass is 35.5. The molecule has 4 amide bonds. The van der Waals surface area contributed by atoms with Crippen LogP contribution in [0.1, 0.15) is 16.7 Å². The molecular formula is C32H31Cl2N5O4. The lowest BCUT2D eigenvalue weighted by Gasteiger charge is -2.32. The Hall–Kier alpha value is -4.34. The second kappa shape index (κ2) is 13.3. The van der Waals surface area contributed by atoms with Crippen molar-refractivity contribution < 1.29 is 19.2 Å². The molecule has 5 rings (SSSR count). The molecule has 4 aromatic rings. The van der Waals surface area contributed by atoms with Gasteiger partial charge in [-0.2, -0.15) is 0 Å². The predicted molar refractivity (Wildman–Crippen MR) is 166 cm³/mol. The minimum Gasteiger partial charge on any atom is -0.361 e. The fourth-order valence-corrected chi connectivity index (χ4v) is 5.61. The second-order valence-electron chi connectivity index (χ2n) is 10.6. The number of fused-ring (bicyclic) bond motifs is 1. The van der Waals surface area contributed by atoms with Crippen LogP contribution >= 0.6 is 23.2 Å². The highest BCUT2D eigenvalue weighted by molar-refractivity contribution is 6.42. The van der Waals surface area contributed by atoms with Gasteiger partial charge >= 0.3 is 0 Å². The number of amides is 4. The summed E-state index contributed by atoms with van der Waals surface area (Å²) >= 11 is 12.2. The maximum atomic E-state index is 13.8. The van der Waals surface area contributed by atoms with E-state index in [-0.39, 0.29) is 43.8 Å². The van der Waals surface area contributed by atoms with Gasteiger partial charge in [-0.1, -0.05) is 77.8 Å². The maximum Gasteiger partial charge on any atom is 0.246 e. The van der Waals surface area contributed by atoms with Crippen LogP contribution in [0.4, 0.5) is 0 Å². The lowest BCUT2D eigenvalue weighted by molar-refractivity contribution is -0.146. The summed E-state index contributed by atoms with van der Waals surface area (Å²) in [4.78, 5) is 58.7. The number of aromatic amines is 1. The first-order valence-corrected chi connectivity index (χ1v) is 14.6. The number of nitrogens with zero attached hydrogens (tertiary/aromatic N) is 2. The number of benzene rings is 3. The van der Waals surface area contributed by atoms with Gasteiger partial charge < -0.3 is 25.4 Å². The van der Waals surface area contributed by atoms with Crippen molar-refractivity contribution in [3.8, 4) is 0 Å². The highest BCUT2D eigenvalue weighted by Crippen LogP contribution is 2.24. The van der Waals surface area contributed by atoms with Crippen molar-refractivity contribution in [1.29, 1.82) is 0 Å². The van der Waals surface area contributed by atoms with E-state index in [1.165, 1.54) is 9.80 Å². The largest absolute Gasteiger partial charge is 0.361 e. The van der Waals surface area contributed by atoms with Gasteiger partial charge in [-0.05, 0) is 34.9 Å². The minimum absolute atomic E-state index is 0.214. The molecule has 1 saturated heterocycles. The van der Waals surface area contributed by atoms with Crippen LogP contribution < -0.4 is 10.6 Å². The van der Waals surface area contributed by atoms with Crippen LogP contribution in [-0.4, -0.2) is 70.6 Å². The molecule has 11 heteroatoms. The summed E-state index contributed by atoms with van der Waals surface area (Å²) in [6.07, 6.45) is 2.35. The fourth-order valence-electron chi connectivity index (χ4n) is 5.28. The third-order valence-electron chi connectivity index (χ3n) is 7.41. The first-order valence-electron chi connectivity index (χ1n) is 13.8. The number of rotatable bonds is 10. The van der Waals surface area contributed by atoms with E-state index < -0.39 is 18.0 Å². The first kappa shape index (κ1) is 30.1. The first-order chi connectivity index (χ1) is 20.7. The monoisotopic (exact) mass is 619 g/mol. The molecule has 1 aliphatic rings. The number of halogens is 2. The third kappa shape index (κ3) is 7.36. The molecular weight excluding hydrogens is 589 g/mol. The molecule has 1 aliphatic heterocycles. The molecule has 9 nitrogen and oxygen atoms in total. The number of hydrogen-bond donors (Lipinski definition) is 3. The number of hydrogen-bond acceptors (Lipinski definition) is 4. The zero-order valence-electron chi connectivity index (χ0n) is 23.5. The predicted octanol–water partition coefficient (Wildman–Crippen LogP) is 3.73. The average Bonchev–Trinajstić information content (AvgIpc) is 3.40. The van der Waals surface area contributed by atoms with E-state index in [1.54, 1.807) is 25.2 Å². The SMILES string of the molecule is CN(Cc1ccc(Cl)c(Cl)c1)C(=O)C(Cc1c[nH]c2ccccc12)NC(=O)CN1CC(=O)NC(Cc2ccccc2)C1=O.